The highest BCUT2D eigenvalue weighted by atomic mass is 35.5. The van der Waals surface area contributed by atoms with E-state index in [2.05, 4.69) is 6.92 Å². The van der Waals surface area contributed by atoms with E-state index in [1.165, 1.54) is 24.3 Å². The monoisotopic (exact) mass is 357 g/mol. The number of benzene rings is 2. The lowest BCUT2D eigenvalue weighted by molar-refractivity contribution is 0.494. The topological polar surface area (TPSA) is 34.1 Å². The maximum atomic E-state index is 14.2. The lowest BCUT2D eigenvalue weighted by Gasteiger charge is -2.24. The smallest absolute Gasteiger partial charge is 0.185 e. The summed E-state index contributed by atoms with van der Waals surface area (Å²) < 4.78 is 53.6. The summed E-state index contributed by atoms with van der Waals surface area (Å²) in [4.78, 5) is 0.0101. The first-order chi connectivity index (χ1) is 10.8. The fourth-order valence-electron chi connectivity index (χ4n) is 2.43. The SMILES string of the molecule is [CH2]CC(C)C(c1cc(F)ccc1F)S(=O)(=O)c1ccc(Cl)cc1. The molecule has 2 aromatic rings. The molecule has 0 saturated carbocycles. The minimum atomic E-state index is -3.93. The van der Waals surface area contributed by atoms with E-state index in [1.54, 1.807) is 6.92 Å². The van der Waals surface area contributed by atoms with Crippen molar-refractivity contribution < 1.29 is 17.2 Å². The molecule has 0 heterocycles. The van der Waals surface area contributed by atoms with E-state index in [0.29, 0.717) is 5.02 Å². The third-order valence-corrected chi connectivity index (χ3v) is 6.28. The zero-order valence-electron chi connectivity index (χ0n) is 12.5. The molecule has 0 aliphatic carbocycles. The molecule has 0 aromatic heterocycles. The zero-order chi connectivity index (χ0) is 17.2. The van der Waals surface area contributed by atoms with Crippen LogP contribution in [0.3, 0.4) is 0 Å². The molecule has 0 amide bonds. The van der Waals surface area contributed by atoms with Gasteiger partial charge in [0.1, 0.15) is 11.6 Å². The molecular weight excluding hydrogens is 342 g/mol. The van der Waals surface area contributed by atoms with Crippen molar-refractivity contribution in [1.29, 1.82) is 0 Å². The van der Waals surface area contributed by atoms with Crippen LogP contribution in [-0.4, -0.2) is 8.42 Å². The highest BCUT2D eigenvalue weighted by Crippen LogP contribution is 2.38. The van der Waals surface area contributed by atoms with E-state index < -0.39 is 32.6 Å². The fourth-order valence-corrected chi connectivity index (χ4v) is 4.63. The molecule has 2 unspecified atom stereocenters. The van der Waals surface area contributed by atoms with Crippen molar-refractivity contribution in [2.24, 2.45) is 5.92 Å². The fraction of sp³-hybridized carbons (Fsp3) is 0.235. The van der Waals surface area contributed by atoms with Crippen LogP contribution in [0.15, 0.2) is 47.4 Å². The number of hydrogen-bond donors (Lipinski definition) is 0. The summed E-state index contributed by atoms with van der Waals surface area (Å²) in [5, 5.41) is -0.834. The van der Waals surface area contributed by atoms with Gasteiger partial charge in [-0.1, -0.05) is 25.4 Å². The van der Waals surface area contributed by atoms with Gasteiger partial charge in [-0.25, -0.2) is 17.2 Å². The van der Waals surface area contributed by atoms with Gasteiger partial charge in [0.05, 0.1) is 10.1 Å². The van der Waals surface area contributed by atoms with Gasteiger partial charge in [0.2, 0.25) is 0 Å². The Morgan fingerprint density at radius 1 is 1.13 bits per heavy atom. The summed E-state index contributed by atoms with van der Waals surface area (Å²) in [5.41, 5.74) is -0.184. The second-order valence-corrected chi connectivity index (χ2v) is 7.86. The Labute approximate surface area is 140 Å². The van der Waals surface area contributed by atoms with Gasteiger partial charge in [0.25, 0.3) is 0 Å². The van der Waals surface area contributed by atoms with Gasteiger partial charge in [-0.15, -0.1) is 0 Å². The zero-order valence-corrected chi connectivity index (χ0v) is 14.0. The molecule has 2 rings (SSSR count). The van der Waals surface area contributed by atoms with Crippen LogP contribution in [0.2, 0.25) is 5.02 Å². The predicted octanol–water partition coefficient (Wildman–Crippen LogP) is 4.99. The second kappa shape index (κ2) is 6.97. The first kappa shape index (κ1) is 17.9. The molecule has 6 heteroatoms. The summed E-state index contributed by atoms with van der Waals surface area (Å²) in [5.74, 6) is -1.94. The standard InChI is InChI=1S/C17H16ClF2O2S/c1-3-11(2)17(15-10-13(19)6-9-16(15)20)23(21,22)14-7-4-12(18)5-8-14/h4-11,17H,1,3H2,2H3. The van der Waals surface area contributed by atoms with Crippen LogP contribution in [0.4, 0.5) is 8.78 Å². The van der Waals surface area contributed by atoms with Crippen LogP contribution >= 0.6 is 11.6 Å². The molecule has 0 saturated heterocycles. The Morgan fingerprint density at radius 3 is 2.30 bits per heavy atom. The Balaban J connectivity index is 2.63. The minimum absolute atomic E-state index is 0.0101. The van der Waals surface area contributed by atoms with Crippen molar-refractivity contribution in [3.63, 3.8) is 0 Å². The van der Waals surface area contributed by atoms with Gasteiger partial charge in [0, 0.05) is 10.6 Å². The van der Waals surface area contributed by atoms with Crippen molar-refractivity contribution in [3.05, 3.63) is 71.6 Å². The Kier molecular flexibility index (Phi) is 5.42. The van der Waals surface area contributed by atoms with E-state index in [1.807, 2.05) is 0 Å². The number of hydrogen-bond acceptors (Lipinski definition) is 2. The molecule has 0 N–H and O–H groups in total. The summed E-state index contributed by atoms with van der Waals surface area (Å²) in [6.07, 6.45) is 0.257. The third-order valence-electron chi connectivity index (χ3n) is 3.71. The average molecular weight is 358 g/mol. The maximum Gasteiger partial charge on any atom is 0.185 e. The summed E-state index contributed by atoms with van der Waals surface area (Å²) >= 11 is 5.78. The Morgan fingerprint density at radius 2 is 1.74 bits per heavy atom. The third kappa shape index (κ3) is 3.72. The van der Waals surface area contributed by atoms with Crippen LogP contribution in [-0.2, 0) is 9.84 Å². The number of rotatable bonds is 5. The summed E-state index contributed by atoms with van der Waals surface area (Å²) in [7, 11) is -3.93. The van der Waals surface area contributed by atoms with Crippen LogP contribution in [0, 0.1) is 24.5 Å². The van der Waals surface area contributed by atoms with Crippen LogP contribution in [0.1, 0.15) is 24.2 Å². The molecule has 123 valence electrons. The van der Waals surface area contributed by atoms with Crippen molar-refractivity contribution in [1.82, 2.24) is 0 Å². The lowest BCUT2D eigenvalue weighted by atomic mass is 9.97. The van der Waals surface area contributed by atoms with Gasteiger partial charge in [-0.3, -0.25) is 0 Å². The quantitative estimate of drug-likeness (QED) is 0.755. The van der Waals surface area contributed by atoms with Crippen LogP contribution in [0.5, 0.6) is 0 Å². The highest BCUT2D eigenvalue weighted by Gasteiger charge is 2.35. The minimum Gasteiger partial charge on any atom is -0.223 e. The molecule has 23 heavy (non-hydrogen) atoms. The Hall–Kier alpha value is -1.46. The molecule has 0 spiro atoms. The Bertz CT molecular complexity index is 789. The van der Waals surface area contributed by atoms with E-state index in [9.17, 15) is 17.2 Å². The van der Waals surface area contributed by atoms with Crippen molar-refractivity contribution in [3.8, 4) is 0 Å². The van der Waals surface area contributed by atoms with Crippen LogP contribution < -0.4 is 0 Å². The second-order valence-electron chi connectivity index (χ2n) is 5.35. The van der Waals surface area contributed by atoms with Gasteiger partial charge >= 0.3 is 0 Å². The van der Waals surface area contributed by atoms with Crippen molar-refractivity contribution in [2.75, 3.05) is 0 Å². The predicted molar refractivity (Wildman–Crippen MR) is 86.9 cm³/mol. The molecule has 0 bridgehead atoms. The molecule has 0 aliphatic rings. The first-order valence-electron chi connectivity index (χ1n) is 7.01. The van der Waals surface area contributed by atoms with E-state index in [-0.39, 0.29) is 16.9 Å². The van der Waals surface area contributed by atoms with Gasteiger partial charge in [-0.2, -0.15) is 0 Å². The molecule has 1 radical (unpaired) electrons. The van der Waals surface area contributed by atoms with Crippen molar-refractivity contribution >= 4 is 21.4 Å². The van der Waals surface area contributed by atoms with Gasteiger partial charge in [-0.05, 0) is 54.8 Å². The van der Waals surface area contributed by atoms with Gasteiger partial charge < -0.3 is 0 Å². The first-order valence-corrected chi connectivity index (χ1v) is 8.93. The van der Waals surface area contributed by atoms with E-state index in [0.717, 1.165) is 18.2 Å². The highest BCUT2D eigenvalue weighted by molar-refractivity contribution is 7.91. The maximum absolute atomic E-state index is 14.2. The average Bonchev–Trinajstić information content (AvgIpc) is 2.51. The number of sulfone groups is 1. The molecule has 0 fully saturated rings. The van der Waals surface area contributed by atoms with Crippen LogP contribution in [0.25, 0.3) is 0 Å². The largest absolute Gasteiger partial charge is 0.223 e. The number of halogens is 3. The molecule has 2 nitrogen and oxygen atoms in total. The van der Waals surface area contributed by atoms with Gasteiger partial charge in [0.15, 0.2) is 9.84 Å². The van der Waals surface area contributed by atoms with E-state index in [4.69, 9.17) is 11.6 Å². The molecular formula is C17H16ClF2O2S. The summed E-state index contributed by atoms with van der Waals surface area (Å²) in [6, 6.07) is 8.43. The normalized spacial score (nSPS) is 14.5. The summed E-state index contributed by atoms with van der Waals surface area (Å²) in [6.45, 7) is 5.35. The van der Waals surface area contributed by atoms with Crippen molar-refractivity contribution in [2.45, 2.75) is 23.5 Å². The molecule has 2 atom stereocenters. The molecule has 0 aliphatic heterocycles. The van der Waals surface area contributed by atoms with E-state index >= 15 is 0 Å². The lowest BCUT2D eigenvalue weighted by Crippen LogP contribution is -2.22. The molecule has 2 aromatic carbocycles.